The summed E-state index contributed by atoms with van der Waals surface area (Å²) in [6.45, 7) is 17.1. The third-order valence-corrected chi connectivity index (χ3v) is 26.9. The van der Waals surface area contributed by atoms with E-state index >= 15 is 0 Å². The Bertz CT molecular complexity index is 3680. The normalized spacial score (nSPS) is 25.5. The third kappa shape index (κ3) is 14.5. The van der Waals surface area contributed by atoms with Crippen LogP contribution in [0.3, 0.4) is 0 Å². The lowest BCUT2D eigenvalue weighted by atomic mass is 9.84. The topological polar surface area (TPSA) is 159 Å². The zero-order chi connectivity index (χ0) is 66.5. The minimum absolute atomic E-state index is 0.0395. The minimum Gasteiger partial charge on any atom is -0.489 e. The summed E-state index contributed by atoms with van der Waals surface area (Å²) in [6, 6.07) is 66.4. The van der Waals surface area contributed by atoms with E-state index in [1.165, 1.54) is 34.3 Å². The molecular weight excluding hydrogens is 1250 g/mol. The van der Waals surface area contributed by atoms with Crippen LogP contribution >= 0.6 is 0 Å². The van der Waals surface area contributed by atoms with Gasteiger partial charge in [-0.05, 0) is 181 Å². The Morgan fingerprint density at radius 1 is 0.474 bits per heavy atom. The molecule has 4 aliphatic carbocycles. The van der Waals surface area contributed by atoms with Gasteiger partial charge >= 0.3 is 29.8 Å². The van der Waals surface area contributed by atoms with Crippen LogP contribution in [0.15, 0.2) is 228 Å². The van der Waals surface area contributed by atoms with Crippen LogP contribution in [0.5, 0.6) is 17.2 Å². The van der Waals surface area contributed by atoms with Crippen molar-refractivity contribution in [2.75, 3.05) is 24.7 Å². The van der Waals surface area contributed by atoms with Crippen molar-refractivity contribution >= 4 is 62.5 Å². The zero-order valence-corrected chi connectivity index (χ0v) is 57.8. The number of hydrogen-bond acceptors (Lipinski definition) is 13. The van der Waals surface area contributed by atoms with Gasteiger partial charge in [0.05, 0.1) is 51.8 Å². The number of carbonyl (C=O) groups excluding carboxylic acids is 5. The molecule has 0 aromatic heterocycles. The highest BCUT2D eigenvalue weighted by molar-refractivity contribution is 7.97. The summed E-state index contributed by atoms with van der Waals surface area (Å²) in [6.07, 6.45) is 1.45. The summed E-state index contributed by atoms with van der Waals surface area (Å²) in [4.78, 5) is 71.7. The molecule has 3 aliphatic heterocycles. The van der Waals surface area contributed by atoms with Gasteiger partial charge in [-0.15, -0.1) is 0 Å². The lowest BCUT2D eigenvalue weighted by molar-refractivity contribution is -0.172. The van der Waals surface area contributed by atoms with Crippen LogP contribution in [0.25, 0.3) is 0 Å². The molecule has 7 aliphatic rings. The largest absolute Gasteiger partial charge is 0.489 e. The molecule has 16 heteroatoms. The van der Waals surface area contributed by atoms with Gasteiger partial charge in [0.2, 0.25) is 0 Å². The summed E-state index contributed by atoms with van der Waals surface area (Å²) < 4.78 is 47.1. The van der Waals surface area contributed by atoms with Gasteiger partial charge in [0.15, 0.2) is 34.3 Å². The third-order valence-electron chi connectivity index (χ3n) is 20.2. The van der Waals surface area contributed by atoms with Crippen molar-refractivity contribution in [2.45, 2.75) is 158 Å². The van der Waals surface area contributed by atoms with E-state index in [4.69, 9.17) is 37.9 Å². The Hall–Kier alpha value is -7.50. The molecule has 0 spiro atoms. The highest BCUT2D eigenvalue weighted by Gasteiger charge is 2.71. The monoisotopic (exact) mass is 1340 g/mol. The summed E-state index contributed by atoms with van der Waals surface area (Å²) in [5.74, 6) is 2.40. The first-order valence-electron chi connectivity index (χ1n) is 33.6. The first-order chi connectivity index (χ1) is 45.9. The van der Waals surface area contributed by atoms with Gasteiger partial charge in [-0.1, -0.05) is 100 Å². The van der Waals surface area contributed by atoms with Crippen LogP contribution in [0.2, 0.25) is 0 Å². The Morgan fingerprint density at radius 2 is 0.842 bits per heavy atom. The van der Waals surface area contributed by atoms with E-state index in [9.17, 15) is 24.0 Å². The highest BCUT2D eigenvalue weighted by Crippen LogP contribution is 2.58. The lowest BCUT2D eigenvalue weighted by Crippen LogP contribution is -2.46. The molecule has 0 radical (unpaired) electrons. The smallest absolute Gasteiger partial charge is 0.316 e. The van der Waals surface area contributed by atoms with Gasteiger partial charge in [0.1, 0.15) is 77.2 Å². The molecule has 14 rings (SSSR count). The SMILES string of the molecule is CCC(C)(C)C(=O)OC1C2CC3C1OC(=O)C3C2Oc1ccc([S+](c2ccccc2)c2ccccc2)cc1.CCC(C)(C)C(=O)Oc1ccc([S+]2CCOCC2)cc1.CCC(C)C(=O)OC1C2CC3C1OC(=O)C3C2Oc1ccc([S+](c2ccccc2)c2ccccc2)cc1. The number of fused-ring (bicyclic) bond motifs is 2. The second-order valence-corrected chi connectivity index (χ2v) is 33.2. The van der Waals surface area contributed by atoms with Crippen molar-refractivity contribution in [2.24, 2.45) is 52.3 Å². The van der Waals surface area contributed by atoms with Crippen molar-refractivity contribution < 1.29 is 61.9 Å². The second-order valence-electron chi connectivity index (χ2n) is 26.9. The van der Waals surface area contributed by atoms with Gasteiger partial charge in [-0.25, -0.2) is 0 Å². The van der Waals surface area contributed by atoms with Gasteiger partial charge in [0.25, 0.3) is 0 Å². The molecule has 95 heavy (non-hydrogen) atoms. The van der Waals surface area contributed by atoms with E-state index in [-0.39, 0.29) is 128 Å². The van der Waals surface area contributed by atoms with Crippen LogP contribution in [0.1, 0.15) is 87.5 Å². The highest BCUT2D eigenvalue weighted by atomic mass is 32.2. The molecular formula is C79H87O13S3+3. The number of benzene rings is 7. The van der Waals surface area contributed by atoms with Gasteiger partial charge in [0, 0.05) is 34.6 Å². The Morgan fingerprint density at radius 3 is 1.23 bits per heavy atom. The maximum Gasteiger partial charge on any atom is 0.316 e. The molecule has 7 aromatic rings. The summed E-state index contributed by atoms with van der Waals surface area (Å²) in [5, 5.41) is 0. The van der Waals surface area contributed by atoms with Gasteiger partial charge in [-0.3, -0.25) is 24.0 Å². The molecule has 7 aromatic carbocycles. The van der Waals surface area contributed by atoms with Crippen LogP contribution < -0.4 is 14.2 Å². The molecule has 3 heterocycles. The first kappa shape index (κ1) is 67.5. The van der Waals surface area contributed by atoms with E-state index in [2.05, 4.69) is 133 Å². The van der Waals surface area contributed by atoms with Crippen LogP contribution in [0.4, 0.5) is 0 Å². The summed E-state index contributed by atoms with van der Waals surface area (Å²) in [7, 11) is -0.200. The van der Waals surface area contributed by atoms with Crippen LogP contribution in [-0.4, -0.2) is 91.2 Å². The molecule has 0 amide bonds. The molecule has 4 saturated carbocycles. The Kier molecular flexibility index (Phi) is 20.9. The number of ether oxygens (including phenoxy) is 8. The van der Waals surface area contributed by atoms with Crippen molar-refractivity contribution in [3.05, 3.63) is 194 Å². The number of esters is 5. The Balaban J connectivity index is 0.000000143. The average molecular weight is 1340 g/mol. The average Bonchev–Trinajstić information content (AvgIpc) is 1.56. The lowest BCUT2D eigenvalue weighted by Gasteiger charge is -2.33. The maximum absolute atomic E-state index is 12.9. The molecule has 13 unspecified atom stereocenters. The predicted molar refractivity (Wildman–Crippen MR) is 367 cm³/mol. The maximum atomic E-state index is 12.9. The van der Waals surface area contributed by atoms with E-state index in [1.54, 1.807) is 0 Å². The van der Waals surface area contributed by atoms with Gasteiger partial charge in [-0.2, -0.15) is 0 Å². The molecule has 3 saturated heterocycles. The summed E-state index contributed by atoms with van der Waals surface area (Å²) >= 11 is 0. The van der Waals surface area contributed by atoms with Crippen molar-refractivity contribution in [3.63, 3.8) is 0 Å². The molecule has 7 fully saturated rings. The second kappa shape index (κ2) is 29.5. The Labute approximate surface area is 567 Å². The van der Waals surface area contributed by atoms with Crippen LogP contribution in [-0.2, 0) is 80.3 Å². The standard InChI is InChI=1S/C32H33O5S.C31H31O5S.C16H23O3S/c1-4-32(2,3)31(34)37-29-25-19-24-26(30(33)36-28(24)29)27(25)35-20-15-17-23(18-16-20)38(21-11-7-5-8-12-21)22-13-9-6-10-14-22;1-3-19(2)30(32)35-29-25-18-24-26(31(33)36-28(24)29)27(25)34-20-14-16-23(17-15-20)37(21-10-6-4-7-11-21)22-12-8-5-9-13-22;1-4-16(2,3)15(17)19-13-5-7-14(8-6-13)20-11-9-18-10-12-20/h5-18,24-29H,4,19H2,1-3H3;4-17,19,24-29H,3,18H2,1-2H3;5-8H,4,9-12H2,1-3H3/q3*+1. The van der Waals surface area contributed by atoms with E-state index in [1.807, 2.05) is 116 Å². The molecule has 496 valence electrons. The number of rotatable bonds is 20. The summed E-state index contributed by atoms with van der Waals surface area (Å²) in [5.41, 5.74) is -1.01. The number of hydrogen-bond donors (Lipinski definition) is 0. The molecule has 0 N–H and O–H groups in total. The van der Waals surface area contributed by atoms with E-state index < -0.39 is 23.0 Å². The number of carbonyl (C=O) groups is 5. The molecule has 4 bridgehead atoms. The fraction of sp³-hybridized carbons (Fsp3) is 0.405. The quantitative estimate of drug-likeness (QED) is 0.0307. The molecule has 13 atom stereocenters. The van der Waals surface area contributed by atoms with E-state index in [0.717, 1.165) is 44.0 Å². The van der Waals surface area contributed by atoms with Crippen molar-refractivity contribution in [3.8, 4) is 17.2 Å². The fourth-order valence-electron chi connectivity index (χ4n) is 13.8. The van der Waals surface area contributed by atoms with Crippen LogP contribution in [0, 0.1) is 52.3 Å². The zero-order valence-electron chi connectivity index (χ0n) is 55.4. The predicted octanol–water partition coefficient (Wildman–Crippen LogP) is 14.8. The van der Waals surface area contributed by atoms with E-state index in [0.29, 0.717) is 30.1 Å². The van der Waals surface area contributed by atoms with Gasteiger partial charge < -0.3 is 37.9 Å². The van der Waals surface area contributed by atoms with Crippen molar-refractivity contribution in [1.82, 2.24) is 0 Å². The minimum atomic E-state index is -0.579. The molecule has 13 nitrogen and oxygen atoms in total. The first-order valence-corrected chi connectivity index (χ1v) is 37.6. The fourth-order valence-corrected chi connectivity index (χ4v) is 19.8. The van der Waals surface area contributed by atoms with Crippen molar-refractivity contribution in [1.29, 1.82) is 0 Å².